The molecule has 0 N–H and O–H groups in total. The Morgan fingerprint density at radius 1 is 0.950 bits per heavy atom. The number of aryl methyl sites for hydroxylation is 1. The second-order valence-electron chi connectivity index (χ2n) is 4.62. The molecule has 0 aliphatic carbocycles. The summed E-state index contributed by atoms with van der Waals surface area (Å²) in [4.78, 5) is 9.38. The summed E-state index contributed by atoms with van der Waals surface area (Å²) in [6, 6.07) is 16.3. The largest absolute Gasteiger partial charge is 0.230 e. The summed E-state index contributed by atoms with van der Waals surface area (Å²) in [5.41, 5.74) is 4.15. The summed E-state index contributed by atoms with van der Waals surface area (Å²) < 4.78 is 0.00441. The Balaban J connectivity index is 2.29. The maximum atomic E-state index is 4.71. The van der Waals surface area contributed by atoms with Crippen LogP contribution < -0.4 is 0 Å². The topological polar surface area (TPSA) is 25.8 Å². The number of aromatic nitrogens is 2. The van der Waals surface area contributed by atoms with Gasteiger partial charge in [0.15, 0.2) is 5.82 Å². The van der Waals surface area contributed by atoms with Gasteiger partial charge in [-0.3, -0.25) is 0 Å². The van der Waals surface area contributed by atoms with Gasteiger partial charge in [0.1, 0.15) is 3.74 Å². The predicted molar refractivity (Wildman–Crippen MR) is 90.3 cm³/mol. The van der Waals surface area contributed by atoms with Gasteiger partial charge >= 0.3 is 0 Å². The number of alkyl halides is 2. The second kappa shape index (κ2) is 5.62. The molecular weight excluding hydrogens is 380 g/mol. The van der Waals surface area contributed by atoms with E-state index in [-0.39, 0.29) is 3.74 Å². The maximum Gasteiger partial charge on any atom is 0.160 e. The van der Waals surface area contributed by atoms with Crippen molar-refractivity contribution in [3.63, 3.8) is 0 Å². The first-order valence-electron chi connectivity index (χ1n) is 6.27. The van der Waals surface area contributed by atoms with E-state index in [4.69, 9.17) is 4.98 Å². The van der Waals surface area contributed by atoms with Gasteiger partial charge in [-0.05, 0) is 19.1 Å². The second-order valence-corrected chi connectivity index (χ2v) is 7.68. The molecule has 20 heavy (non-hydrogen) atoms. The minimum atomic E-state index is 0.00441. The zero-order chi connectivity index (χ0) is 14.1. The Morgan fingerprint density at radius 2 is 1.70 bits per heavy atom. The molecular formula is C16H12Br2N2. The van der Waals surface area contributed by atoms with Crippen LogP contribution in [0, 0.1) is 6.92 Å². The van der Waals surface area contributed by atoms with Crippen molar-refractivity contribution in [2.45, 2.75) is 10.7 Å². The van der Waals surface area contributed by atoms with Crippen LogP contribution in [0.4, 0.5) is 0 Å². The highest BCUT2D eigenvalue weighted by molar-refractivity contribution is 9.24. The SMILES string of the molecule is Cc1ccc2nc(-c3ccccc3)nc(C(Br)Br)c2c1. The molecule has 0 fully saturated rings. The van der Waals surface area contributed by atoms with Crippen LogP contribution in [0.5, 0.6) is 0 Å². The van der Waals surface area contributed by atoms with Gasteiger partial charge in [-0.25, -0.2) is 9.97 Å². The van der Waals surface area contributed by atoms with E-state index in [2.05, 4.69) is 55.9 Å². The van der Waals surface area contributed by atoms with Crippen LogP contribution in [0.3, 0.4) is 0 Å². The molecule has 0 aliphatic rings. The zero-order valence-electron chi connectivity index (χ0n) is 10.8. The lowest BCUT2D eigenvalue weighted by molar-refractivity contribution is 1.14. The van der Waals surface area contributed by atoms with Crippen molar-refractivity contribution < 1.29 is 0 Å². The van der Waals surface area contributed by atoms with Crippen molar-refractivity contribution in [3.8, 4) is 11.4 Å². The molecule has 0 bridgehead atoms. The fourth-order valence-corrected chi connectivity index (χ4v) is 2.85. The zero-order valence-corrected chi connectivity index (χ0v) is 14.0. The molecule has 3 rings (SSSR count). The van der Waals surface area contributed by atoms with Crippen molar-refractivity contribution in [2.75, 3.05) is 0 Å². The monoisotopic (exact) mass is 390 g/mol. The summed E-state index contributed by atoms with van der Waals surface area (Å²) in [5, 5.41) is 1.07. The van der Waals surface area contributed by atoms with Crippen molar-refractivity contribution in [1.29, 1.82) is 0 Å². The van der Waals surface area contributed by atoms with E-state index in [0.717, 1.165) is 28.0 Å². The lowest BCUT2D eigenvalue weighted by Crippen LogP contribution is -1.97. The highest BCUT2D eigenvalue weighted by Crippen LogP contribution is 2.34. The van der Waals surface area contributed by atoms with Gasteiger partial charge in [0, 0.05) is 10.9 Å². The van der Waals surface area contributed by atoms with Crippen LogP contribution in [-0.4, -0.2) is 9.97 Å². The van der Waals surface area contributed by atoms with E-state index in [0.29, 0.717) is 0 Å². The molecule has 0 saturated carbocycles. The number of fused-ring (bicyclic) bond motifs is 1. The summed E-state index contributed by atoms with van der Waals surface area (Å²) in [5.74, 6) is 0.751. The molecule has 1 heterocycles. The lowest BCUT2D eigenvalue weighted by Gasteiger charge is -2.10. The molecule has 4 heteroatoms. The highest BCUT2D eigenvalue weighted by atomic mass is 79.9. The fraction of sp³-hybridized carbons (Fsp3) is 0.125. The molecule has 0 aliphatic heterocycles. The first-order chi connectivity index (χ1) is 9.65. The third-order valence-electron chi connectivity index (χ3n) is 3.12. The number of hydrogen-bond acceptors (Lipinski definition) is 2. The predicted octanol–water partition coefficient (Wildman–Crippen LogP) is 5.39. The summed E-state index contributed by atoms with van der Waals surface area (Å²) in [6.07, 6.45) is 0. The Morgan fingerprint density at radius 3 is 2.40 bits per heavy atom. The lowest BCUT2D eigenvalue weighted by atomic mass is 10.1. The van der Waals surface area contributed by atoms with Crippen molar-refractivity contribution >= 4 is 42.8 Å². The third kappa shape index (κ3) is 2.63. The molecule has 2 aromatic carbocycles. The third-order valence-corrected chi connectivity index (χ3v) is 3.99. The molecule has 0 radical (unpaired) electrons. The number of hydrogen-bond donors (Lipinski definition) is 0. The van der Waals surface area contributed by atoms with Gasteiger partial charge in [0.25, 0.3) is 0 Å². The van der Waals surface area contributed by atoms with Crippen LogP contribution in [0.15, 0.2) is 48.5 Å². The van der Waals surface area contributed by atoms with Gasteiger partial charge in [0.2, 0.25) is 0 Å². The highest BCUT2D eigenvalue weighted by Gasteiger charge is 2.14. The van der Waals surface area contributed by atoms with Gasteiger partial charge < -0.3 is 0 Å². The Hall–Kier alpha value is -1.26. The number of nitrogens with zero attached hydrogens (tertiary/aromatic N) is 2. The minimum absolute atomic E-state index is 0.00441. The smallest absolute Gasteiger partial charge is 0.160 e. The van der Waals surface area contributed by atoms with Gasteiger partial charge in [-0.15, -0.1) is 0 Å². The van der Waals surface area contributed by atoms with Crippen molar-refractivity contribution in [3.05, 3.63) is 59.8 Å². The van der Waals surface area contributed by atoms with E-state index >= 15 is 0 Å². The maximum absolute atomic E-state index is 4.71. The van der Waals surface area contributed by atoms with Crippen LogP contribution >= 0.6 is 31.9 Å². The van der Waals surface area contributed by atoms with Gasteiger partial charge in [-0.2, -0.15) is 0 Å². The first kappa shape index (κ1) is 13.7. The van der Waals surface area contributed by atoms with Crippen LogP contribution in [-0.2, 0) is 0 Å². The number of benzene rings is 2. The van der Waals surface area contributed by atoms with E-state index in [1.54, 1.807) is 0 Å². The molecule has 2 nitrogen and oxygen atoms in total. The standard InChI is InChI=1S/C16H12Br2N2/c1-10-7-8-13-12(9-10)14(15(17)18)20-16(19-13)11-5-3-2-4-6-11/h2-9,15H,1H3. The molecule has 0 atom stereocenters. The Kier molecular flexibility index (Phi) is 3.85. The van der Waals surface area contributed by atoms with Gasteiger partial charge in [-0.1, -0.05) is 73.8 Å². The molecule has 1 aromatic heterocycles. The normalized spacial score (nSPS) is 11.2. The van der Waals surface area contributed by atoms with Crippen molar-refractivity contribution in [1.82, 2.24) is 9.97 Å². The molecule has 0 unspecified atom stereocenters. The van der Waals surface area contributed by atoms with E-state index in [9.17, 15) is 0 Å². The van der Waals surface area contributed by atoms with Crippen LogP contribution in [0.1, 0.15) is 15.0 Å². The first-order valence-corrected chi connectivity index (χ1v) is 8.10. The quantitative estimate of drug-likeness (QED) is 0.547. The molecule has 100 valence electrons. The van der Waals surface area contributed by atoms with Gasteiger partial charge in [0.05, 0.1) is 11.2 Å². The Labute approximate surface area is 134 Å². The molecule has 0 saturated heterocycles. The Bertz CT molecular complexity index is 755. The summed E-state index contributed by atoms with van der Waals surface area (Å²) in [6.45, 7) is 2.08. The number of rotatable bonds is 2. The van der Waals surface area contributed by atoms with Crippen LogP contribution in [0.2, 0.25) is 0 Å². The molecule has 0 spiro atoms. The molecule has 0 amide bonds. The average Bonchev–Trinajstić information content (AvgIpc) is 2.47. The fourth-order valence-electron chi connectivity index (χ4n) is 2.15. The van der Waals surface area contributed by atoms with E-state index < -0.39 is 0 Å². The summed E-state index contributed by atoms with van der Waals surface area (Å²) >= 11 is 7.12. The van der Waals surface area contributed by atoms with Crippen LogP contribution in [0.25, 0.3) is 22.3 Å². The van der Waals surface area contributed by atoms with E-state index in [1.165, 1.54) is 5.56 Å². The van der Waals surface area contributed by atoms with Crippen molar-refractivity contribution in [2.24, 2.45) is 0 Å². The minimum Gasteiger partial charge on any atom is -0.230 e. The average molecular weight is 392 g/mol. The van der Waals surface area contributed by atoms with E-state index in [1.807, 2.05) is 36.4 Å². The summed E-state index contributed by atoms with van der Waals surface area (Å²) in [7, 11) is 0. The number of halogens is 2. The molecule has 3 aromatic rings.